The normalized spacial score (nSPS) is 14.8. The Morgan fingerprint density at radius 2 is 1.88 bits per heavy atom. The average Bonchev–Trinajstić information content (AvgIpc) is 3.16. The van der Waals surface area contributed by atoms with Gasteiger partial charge in [0.1, 0.15) is 11.1 Å². The van der Waals surface area contributed by atoms with Gasteiger partial charge in [0.15, 0.2) is 0 Å². The molecule has 0 atom stereocenters. The van der Waals surface area contributed by atoms with Crippen LogP contribution in [0.4, 0.5) is 6.01 Å². The van der Waals surface area contributed by atoms with E-state index in [4.69, 9.17) is 8.83 Å². The summed E-state index contributed by atoms with van der Waals surface area (Å²) in [6, 6.07) is 9.21. The molecular weight excluding hydrogens is 336 g/mol. The van der Waals surface area contributed by atoms with Gasteiger partial charge in [-0.2, -0.15) is 0 Å². The van der Waals surface area contributed by atoms with Gasteiger partial charge in [-0.05, 0) is 12.1 Å². The van der Waals surface area contributed by atoms with Crippen molar-refractivity contribution in [1.29, 1.82) is 0 Å². The predicted octanol–water partition coefficient (Wildman–Crippen LogP) is 1.70. The van der Waals surface area contributed by atoms with Crippen LogP contribution in [0.25, 0.3) is 11.0 Å². The average molecular weight is 354 g/mol. The summed E-state index contributed by atoms with van der Waals surface area (Å²) in [7, 11) is 0. The van der Waals surface area contributed by atoms with Crippen LogP contribution >= 0.6 is 0 Å². The molecule has 0 aliphatic carbocycles. The molecule has 8 heteroatoms. The van der Waals surface area contributed by atoms with Crippen molar-refractivity contribution in [2.75, 3.05) is 31.1 Å². The maximum Gasteiger partial charge on any atom is 0.349 e. The molecule has 3 aromatic rings. The molecule has 0 unspecified atom stereocenters. The molecule has 26 heavy (non-hydrogen) atoms. The van der Waals surface area contributed by atoms with Crippen molar-refractivity contribution in [3.8, 4) is 0 Å². The summed E-state index contributed by atoms with van der Waals surface area (Å²) in [6.45, 7) is 4.01. The van der Waals surface area contributed by atoms with Crippen molar-refractivity contribution in [2.24, 2.45) is 0 Å². The zero-order chi connectivity index (χ0) is 18.1. The van der Waals surface area contributed by atoms with Crippen molar-refractivity contribution in [3.05, 3.63) is 52.2 Å². The number of hydrogen-bond acceptors (Lipinski definition) is 7. The molecule has 0 saturated carbocycles. The molecule has 0 N–H and O–H groups in total. The largest absolute Gasteiger partial charge is 0.422 e. The highest BCUT2D eigenvalue weighted by molar-refractivity contribution is 5.96. The number of nitrogens with zero attached hydrogens (tertiary/aromatic N) is 4. The summed E-state index contributed by atoms with van der Waals surface area (Å²) >= 11 is 0. The quantitative estimate of drug-likeness (QED) is 0.661. The fourth-order valence-corrected chi connectivity index (χ4v) is 3.00. The third kappa shape index (κ3) is 2.94. The number of rotatable bonds is 3. The number of carbonyl (C=O) groups excluding carboxylic acids is 1. The number of amides is 1. The minimum Gasteiger partial charge on any atom is -0.422 e. The second-order valence-corrected chi connectivity index (χ2v) is 6.10. The number of anilines is 1. The van der Waals surface area contributed by atoms with E-state index in [1.54, 1.807) is 23.1 Å². The standard InChI is InChI=1S/C18H18N4O4/c1-2-15-19-20-18(26-15)22-9-7-21(8-10-22)16(23)13-11-12-5-3-4-6-14(12)25-17(13)24/h3-6,11H,2,7-10H2,1H3. The van der Waals surface area contributed by atoms with Gasteiger partial charge in [-0.1, -0.05) is 30.2 Å². The van der Waals surface area contributed by atoms with Crippen LogP contribution < -0.4 is 10.5 Å². The van der Waals surface area contributed by atoms with Gasteiger partial charge in [-0.3, -0.25) is 4.79 Å². The Bertz CT molecular complexity index is 1000. The minimum atomic E-state index is -0.611. The topological polar surface area (TPSA) is 92.7 Å². The summed E-state index contributed by atoms with van der Waals surface area (Å²) in [5.41, 5.74) is -0.0779. The molecule has 4 rings (SSSR count). The number of benzene rings is 1. The SMILES string of the molecule is CCc1nnc(N2CCN(C(=O)c3cc4ccccc4oc3=O)CC2)o1. The molecular formula is C18H18N4O4. The highest BCUT2D eigenvalue weighted by Crippen LogP contribution is 2.17. The van der Waals surface area contributed by atoms with E-state index in [0.717, 1.165) is 5.39 Å². The van der Waals surface area contributed by atoms with Gasteiger partial charge < -0.3 is 18.6 Å². The summed E-state index contributed by atoms with van der Waals surface area (Å²) in [4.78, 5) is 28.5. The molecule has 1 saturated heterocycles. The Morgan fingerprint density at radius 1 is 1.12 bits per heavy atom. The number of fused-ring (bicyclic) bond motifs is 1. The van der Waals surface area contributed by atoms with E-state index >= 15 is 0 Å². The smallest absolute Gasteiger partial charge is 0.349 e. The Kier molecular flexibility index (Phi) is 4.16. The number of aryl methyl sites for hydroxylation is 1. The molecule has 0 spiro atoms. The molecule has 1 aliphatic heterocycles. The van der Waals surface area contributed by atoms with Crippen LogP contribution in [-0.2, 0) is 6.42 Å². The van der Waals surface area contributed by atoms with Crippen molar-refractivity contribution < 1.29 is 13.6 Å². The van der Waals surface area contributed by atoms with Crippen LogP contribution in [-0.4, -0.2) is 47.2 Å². The number of aromatic nitrogens is 2. The highest BCUT2D eigenvalue weighted by atomic mass is 16.4. The number of piperazine rings is 1. The molecule has 134 valence electrons. The minimum absolute atomic E-state index is 0.0585. The van der Waals surface area contributed by atoms with E-state index in [9.17, 15) is 9.59 Å². The summed E-state index contributed by atoms with van der Waals surface area (Å²) in [6.07, 6.45) is 0.684. The van der Waals surface area contributed by atoms with Gasteiger partial charge in [0.05, 0.1) is 0 Å². The van der Waals surface area contributed by atoms with E-state index in [1.165, 1.54) is 0 Å². The van der Waals surface area contributed by atoms with Gasteiger partial charge in [-0.25, -0.2) is 4.79 Å². The third-order valence-corrected chi connectivity index (χ3v) is 4.47. The van der Waals surface area contributed by atoms with Crippen LogP contribution in [0.15, 0.2) is 44.0 Å². The fraction of sp³-hybridized carbons (Fsp3) is 0.333. The Balaban J connectivity index is 1.50. The van der Waals surface area contributed by atoms with Crippen LogP contribution in [0.1, 0.15) is 23.2 Å². The number of para-hydroxylation sites is 1. The molecule has 2 aromatic heterocycles. The zero-order valence-corrected chi connectivity index (χ0v) is 14.3. The first-order valence-corrected chi connectivity index (χ1v) is 8.55. The molecule has 0 radical (unpaired) electrons. The van der Waals surface area contributed by atoms with E-state index in [0.29, 0.717) is 50.1 Å². The van der Waals surface area contributed by atoms with Gasteiger partial charge in [0.2, 0.25) is 5.89 Å². The summed E-state index contributed by atoms with van der Waals surface area (Å²) in [5, 5.41) is 8.72. The summed E-state index contributed by atoms with van der Waals surface area (Å²) in [5.74, 6) is 0.274. The second-order valence-electron chi connectivity index (χ2n) is 6.10. The molecule has 0 bridgehead atoms. The Labute approximate surface area is 149 Å². The van der Waals surface area contributed by atoms with Crippen LogP contribution in [0.2, 0.25) is 0 Å². The van der Waals surface area contributed by atoms with Crippen molar-refractivity contribution >= 4 is 22.9 Å². The maximum atomic E-state index is 12.8. The Hall–Kier alpha value is -3.16. The molecule has 3 heterocycles. The van der Waals surface area contributed by atoms with Crippen LogP contribution in [0.5, 0.6) is 0 Å². The third-order valence-electron chi connectivity index (χ3n) is 4.47. The first-order valence-electron chi connectivity index (χ1n) is 8.55. The van der Waals surface area contributed by atoms with E-state index in [1.807, 2.05) is 24.0 Å². The monoisotopic (exact) mass is 354 g/mol. The van der Waals surface area contributed by atoms with Crippen molar-refractivity contribution in [2.45, 2.75) is 13.3 Å². The van der Waals surface area contributed by atoms with Gasteiger partial charge in [0.25, 0.3) is 5.91 Å². The van der Waals surface area contributed by atoms with E-state index in [-0.39, 0.29) is 11.5 Å². The van der Waals surface area contributed by atoms with E-state index in [2.05, 4.69) is 10.2 Å². The van der Waals surface area contributed by atoms with Crippen LogP contribution in [0, 0.1) is 0 Å². The molecule has 8 nitrogen and oxygen atoms in total. The van der Waals surface area contributed by atoms with Crippen LogP contribution in [0.3, 0.4) is 0 Å². The number of carbonyl (C=O) groups is 1. The fourth-order valence-electron chi connectivity index (χ4n) is 3.00. The molecule has 1 amide bonds. The number of hydrogen-bond donors (Lipinski definition) is 0. The lowest BCUT2D eigenvalue weighted by atomic mass is 10.1. The lowest BCUT2D eigenvalue weighted by Crippen LogP contribution is -2.49. The van der Waals surface area contributed by atoms with Gasteiger partial charge in [0, 0.05) is 38.0 Å². The molecule has 1 aliphatic rings. The first kappa shape index (κ1) is 16.3. The lowest BCUT2D eigenvalue weighted by Gasteiger charge is -2.33. The Morgan fingerprint density at radius 3 is 2.62 bits per heavy atom. The second kappa shape index (κ2) is 6.62. The van der Waals surface area contributed by atoms with Crippen molar-refractivity contribution in [3.63, 3.8) is 0 Å². The van der Waals surface area contributed by atoms with Crippen molar-refractivity contribution in [1.82, 2.24) is 15.1 Å². The molecule has 1 fully saturated rings. The van der Waals surface area contributed by atoms with Gasteiger partial charge >= 0.3 is 11.6 Å². The highest BCUT2D eigenvalue weighted by Gasteiger charge is 2.26. The first-order chi connectivity index (χ1) is 12.7. The van der Waals surface area contributed by atoms with E-state index < -0.39 is 5.63 Å². The zero-order valence-electron chi connectivity index (χ0n) is 14.3. The summed E-state index contributed by atoms with van der Waals surface area (Å²) < 4.78 is 10.8. The molecule has 1 aromatic carbocycles. The van der Waals surface area contributed by atoms with Gasteiger partial charge in [-0.15, -0.1) is 5.10 Å². The maximum absolute atomic E-state index is 12.8. The lowest BCUT2D eigenvalue weighted by molar-refractivity contribution is 0.0741. The predicted molar refractivity (Wildman–Crippen MR) is 94.3 cm³/mol.